The van der Waals surface area contributed by atoms with Crippen LogP contribution in [0.15, 0.2) is 29.1 Å². The van der Waals surface area contributed by atoms with Crippen molar-refractivity contribution in [1.29, 1.82) is 0 Å². The summed E-state index contributed by atoms with van der Waals surface area (Å²) >= 11 is 3.61. The second-order valence-corrected chi connectivity index (χ2v) is 8.04. The van der Waals surface area contributed by atoms with Gasteiger partial charge in [-0.1, -0.05) is 0 Å². The summed E-state index contributed by atoms with van der Waals surface area (Å²) in [6.45, 7) is 1.55. The highest BCUT2D eigenvalue weighted by atomic mass is 79.9. The Kier molecular flexibility index (Phi) is 4.78. The molecule has 9 nitrogen and oxygen atoms in total. The van der Waals surface area contributed by atoms with Crippen molar-refractivity contribution in [3.05, 3.63) is 34.8 Å². The minimum atomic E-state index is -0.0251. The standard InChI is InChI=1S/C20H20BrN7O2/c1-30-14-8-12-11(9-24-27-12)7-13(14)25-18-15-16(21)17(26-19(15)23-10-22-18)20(29)28-5-3-2-4-6-28/h7-10H,2-6H2,1H3,(H,24,27)(H2,22,23,25,26). The number of nitrogens with zero attached hydrogens (tertiary/aromatic N) is 4. The number of fused-ring (bicyclic) bond motifs is 2. The highest BCUT2D eigenvalue weighted by Crippen LogP contribution is 2.37. The Balaban J connectivity index is 1.55. The molecule has 5 rings (SSSR count). The predicted octanol–water partition coefficient (Wildman–Crippen LogP) is 3.98. The van der Waals surface area contributed by atoms with Crippen molar-refractivity contribution in [2.24, 2.45) is 0 Å². The third kappa shape index (κ3) is 3.17. The molecule has 1 amide bonds. The smallest absolute Gasteiger partial charge is 0.271 e. The number of hydrogen-bond donors (Lipinski definition) is 3. The van der Waals surface area contributed by atoms with Crippen molar-refractivity contribution in [2.45, 2.75) is 19.3 Å². The third-order valence-corrected chi connectivity index (χ3v) is 6.19. The summed E-state index contributed by atoms with van der Waals surface area (Å²) in [7, 11) is 1.61. The number of hydrogen-bond acceptors (Lipinski definition) is 6. The second kappa shape index (κ2) is 7.60. The molecule has 4 aromatic rings. The number of ether oxygens (including phenoxy) is 1. The average molecular weight is 470 g/mol. The molecule has 1 aromatic carbocycles. The summed E-state index contributed by atoms with van der Waals surface area (Å²) in [5.74, 6) is 1.19. The summed E-state index contributed by atoms with van der Waals surface area (Å²) in [6, 6.07) is 3.81. The summed E-state index contributed by atoms with van der Waals surface area (Å²) in [4.78, 5) is 26.8. The van der Waals surface area contributed by atoms with E-state index < -0.39 is 0 Å². The zero-order chi connectivity index (χ0) is 20.7. The first kappa shape index (κ1) is 18.9. The number of rotatable bonds is 4. The van der Waals surface area contributed by atoms with E-state index in [0.29, 0.717) is 32.8 Å². The molecule has 154 valence electrons. The van der Waals surface area contributed by atoms with Gasteiger partial charge in [0.05, 0.1) is 34.4 Å². The molecule has 0 unspecified atom stereocenters. The first-order valence-corrected chi connectivity index (χ1v) is 10.5. The van der Waals surface area contributed by atoms with Gasteiger partial charge in [-0.15, -0.1) is 0 Å². The van der Waals surface area contributed by atoms with E-state index in [0.717, 1.165) is 42.5 Å². The van der Waals surface area contributed by atoms with Gasteiger partial charge in [0.2, 0.25) is 0 Å². The van der Waals surface area contributed by atoms with Gasteiger partial charge in [-0.25, -0.2) is 9.97 Å². The first-order valence-electron chi connectivity index (χ1n) is 9.75. The Morgan fingerprint density at radius 1 is 1.23 bits per heavy atom. The number of likely N-dealkylation sites (tertiary alicyclic amines) is 1. The van der Waals surface area contributed by atoms with Gasteiger partial charge < -0.3 is 19.9 Å². The van der Waals surface area contributed by atoms with Gasteiger partial charge in [-0.05, 0) is 41.3 Å². The molecule has 0 atom stereocenters. The number of anilines is 2. The molecule has 0 bridgehead atoms. The molecule has 3 N–H and O–H groups in total. The van der Waals surface area contributed by atoms with Crippen molar-refractivity contribution < 1.29 is 9.53 Å². The Morgan fingerprint density at radius 3 is 2.87 bits per heavy atom. The molecule has 0 spiro atoms. The molecule has 10 heteroatoms. The lowest BCUT2D eigenvalue weighted by Crippen LogP contribution is -2.35. The number of benzene rings is 1. The lowest BCUT2D eigenvalue weighted by molar-refractivity contribution is 0.0718. The fourth-order valence-electron chi connectivity index (χ4n) is 3.85. The monoisotopic (exact) mass is 469 g/mol. The minimum absolute atomic E-state index is 0.0251. The summed E-state index contributed by atoms with van der Waals surface area (Å²) in [5, 5.41) is 12.0. The quantitative estimate of drug-likeness (QED) is 0.416. The van der Waals surface area contributed by atoms with Gasteiger partial charge in [0.25, 0.3) is 5.91 Å². The Bertz CT molecular complexity index is 1240. The van der Waals surface area contributed by atoms with E-state index in [1.807, 2.05) is 17.0 Å². The molecule has 1 aliphatic heterocycles. The normalized spacial score (nSPS) is 14.4. The number of aromatic nitrogens is 5. The molecular formula is C20H20BrN7O2. The van der Waals surface area contributed by atoms with Crippen LogP contribution < -0.4 is 10.1 Å². The van der Waals surface area contributed by atoms with Crippen LogP contribution in [-0.4, -0.2) is 56.2 Å². The average Bonchev–Trinajstić information content (AvgIpc) is 3.37. The number of aromatic amines is 2. The maximum absolute atomic E-state index is 13.0. The van der Waals surface area contributed by atoms with Gasteiger partial charge in [-0.3, -0.25) is 9.89 Å². The number of carbonyl (C=O) groups excluding carboxylic acids is 1. The topological polar surface area (TPSA) is 112 Å². The van der Waals surface area contributed by atoms with Crippen molar-refractivity contribution in [3.63, 3.8) is 0 Å². The van der Waals surface area contributed by atoms with Crippen LogP contribution >= 0.6 is 15.9 Å². The van der Waals surface area contributed by atoms with Crippen molar-refractivity contribution >= 4 is 55.3 Å². The molecular weight excluding hydrogens is 450 g/mol. The van der Waals surface area contributed by atoms with Crippen LogP contribution in [0.3, 0.4) is 0 Å². The number of amides is 1. The van der Waals surface area contributed by atoms with Crippen LogP contribution in [0.1, 0.15) is 29.8 Å². The lowest BCUT2D eigenvalue weighted by atomic mass is 10.1. The lowest BCUT2D eigenvalue weighted by Gasteiger charge is -2.26. The molecule has 0 aliphatic carbocycles. The van der Waals surface area contributed by atoms with Gasteiger partial charge in [0, 0.05) is 24.5 Å². The molecule has 1 saturated heterocycles. The largest absolute Gasteiger partial charge is 0.494 e. The highest BCUT2D eigenvalue weighted by Gasteiger charge is 2.25. The molecule has 0 saturated carbocycles. The number of piperidine rings is 1. The van der Waals surface area contributed by atoms with Crippen LogP contribution in [0.4, 0.5) is 11.5 Å². The molecule has 0 radical (unpaired) electrons. The number of nitrogens with one attached hydrogen (secondary N) is 3. The number of carbonyl (C=O) groups is 1. The van der Waals surface area contributed by atoms with Gasteiger partial charge in [0.1, 0.15) is 29.2 Å². The van der Waals surface area contributed by atoms with Crippen molar-refractivity contribution in [1.82, 2.24) is 30.0 Å². The maximum atomic E-state index is 13.0. The van der Waals surface area contributed by atoms with Crippen LogP contribution in [0.25, 0.3) is 21.9 Å². The summed E-state index contributed by atoms with van der Waals surface area (Å²) < 4.78 is 6.18. The van der Waals surface area contributed by atoms with Crippen LogP contribution in [0, 0.1) is 0 Å². The molecule has 1 aliphatic rings. The molecule has 3 aromatic heterocycles. The van der Waals surface area contributed by atoms with Crippen molar-refractivity contribution in [3.8, 4) is 5.75 Å². The number of H-pyrrole nitrogens is 2. The van der Waals surface area contributed by atoms with E-state index in [2.05, 4.69) is 46.4 Å². The van der Waals surface area contributed by atoms with E-state index in [1.54, 1.807) is 13.3 Å². The van der Waals surface area contributed by atoms with E-state index >= 15 is 0 Å². The van der Waals surface area contributed by atoms with E-state index in [4.69, 9.17) is 4.74 Å². The van der Waals surface area contributed by atoms with E-state index in [-0.39, 0.29) is 5.91 Å². The van der Waals surface area contributed by atoms with Crippen molar-refractivity contribution in [2.75, 3.05) is 25.5 Å². The zero-order valence-electron chi connectivity index (χ0n) is 16.3. The summed E-state index contributed by atoms with van der Waals surface area (Å²) in [6.07, 6.45) is 6.45. The Morgan fingerprint density at radius 2 is 2.07 bits per heavy atom. The predicted molar refractivity (Wildman–Crippen MR) is 117 cm³/mol. The SMILES string of the molecule is COc1cc2[nH]ncc2cc1Nc1ncnc2[nH]c(C(=O)N3CCCCC3)c(Br)c12. The third-order valence-electron chi connectivity index (χ3n) is 5.40. The molecule has 4 heterocycles. The number of methoxy groups -OCH3 is 1. The van der Waals surface area contributed by atoms with Gasteiger partial charge in [-0.2, -0.15) is 5.10 Å². The van der Waals surface area contributed by atoms with Gasteiger partial charge in [0.15, 0.2) is 0 Å². The minimum Gasteiger partial charge on any atom is -0.494 e. The molecule has 1 fully saturated rings. The first-order chi connectivity index (χ1) is 14.7. The highest BCUT2D eigenvalue weighted by molar-refractivity contribution is 9.10. The van der Waals surface area contributed by atoms with Crippen LogP contribution in [0.5, 0.6) is 5.75 Å². The van der Waals surface area contributed by atoms with E-state index in [9.17, 15) is 4.79 Å². The second-order valence-electron chi connectivity index (χ2n) is 7.25. The number of halogens is 1. The fourth-order valence-corrected chi connectivity index (χ4v) is 4.49. The fraction of sp³-hybridized carbons (Fsp3) is 0.300. The van der Waals surface area contributed by atoms with E-state index in [1.165, 1.54) is 12.7 Å². The maximum Gasteiger partial charge on any atom is 0.271 e. The van der Waals surface area contributed by atoms with Crippen LogP contribution in [0.2, 0.25) is 0 Å². The van der Waals surface area contributed by atoms with Gasteiger partial charge >= 0.3 is 0 Å². The Labute approximate surface area is 180 Å². The van der Waals surface area contributed by atoms with Crippen LogP contribution in [-0.2, 0) is 0 Å². The molecule has 30 heavy (non-hydrogen) atoms. The Hall–Kier alpha value is -3.14. The summed E-state index contributed by atoms with van der Waals surface area (Å²) in [5.41, 5.74) is 2.70. The zero-order valence-corrected chi connectivity index (χ0v) is 17.9.